The maximum atomic E-state index is 11.9. The molecule has 1 N–H and O–H groups in total. The first-order valence-electron chi connectivity index (χ1n) is 8.18. The molecule has 2 rings (SSSR count). The van der Waals surface area contributed by atoms with E-state index < -0.39 is 0 Å². The van der Waals surface area contributed by atoms with Gasteiger partial charge in [0.1, 0.15) is 0 Å². The normalized spacial score (nSPS) is 10.8. The number of halogens is 1. The zero-order chi connectivity index (χ0) is 18.1. The van der Waals surface area contributed by atoms with E-state index in [4.69, 9.17) is 0 Å². The van der Waals surface area contributed by atoms with Crippen LogP contribution in [0.1, 0.15) is 10.6 Å². The van der Waals surface area contributed by atoms with E-state index >= 15 is 0 Å². The van der Waals surface area contributed by atoms with Crippen LogP contribution in [0.25, 0.3) is 0 Å². The second-order valence-electron chi connectivity index (χ2n) is 5.86. The number of nitrogens with one attached hydrogen (secondary N) is 1. The summed E-state index contributed by atoms with van der Waals surface area (Å²) in [6.45, 7) is 1.58. The van der Waals surface area contributed by atoms with Crippen molar-refractivity contribution >= 4 is 47.2 Å². The number of thiazole rings is 1. The quantitative estimate of drug-likeness (QED) is 0.371. The summed E-state index contributed by atoms with van der Waals surface area (Å²) in [5.41, 5.74) is 1.13. The molecule has 0 bridgehead atoms. The number of aliphatic imine (C=N–C) groups is 1. The predicted molar refractivity (Wildman–Crippen MR) is 118 cm³/mol. The molecule has 0 aliphatic carbocycles. The maximum Gasteiger partial charge on any atom is 0.241 e. The second kappa shape index (κ2) is 11.8. The fraction of sp³-hybridized carbons (Fsp3) is 0.389. The van der Waals surface area contributed by atoms with Gasteiger partial charge in [-0.1, -0.05) is 30.3 Å². The number of rotatable bonds is 7. The van der Waals surface area contributed by atoms with Crippen LogP contribution in [0.2, 0.25) is 0 Å². The lowest BCUT2D eigenvalue weighted by Crippen LogP contribution is -2.44. The van der Waals surface area contributed by atoms with E-state index in [2.05, 4.69) is 15.3 Å². The molecule has 2 aromatic rings. The summed E-state index contributed by atoms with van der Waals surface area (Å²) >= 11 is 1.65. The lowest BCUT2D eigenvalue weighted by Gasteiger charge is -2.22. The molecular weight excluding hydrogens is 461 g/mol. The van der Waals surface area contributed by atoms with E-state index in [1.165, 1.54) is 0 Å². The highest BCUT2D eigenvalue weighted by Crippen LogP contribution is 2.06. The van der Waals surface area contributed by atoms with Gasteiger partial charge in [0.25, 0.3) is 0 Å². The summed E-state index contributed by atoms with van der Waals surface area (Å²) in [4.78, 5) is 24.5. The standard InChI is InChI=1S/C18H25N5OS.HI/c1-22(2)17(24)14-21-18(20-13-15-7-5-4-6-8-15)23(3)11-9-16-19-10-12-25-16;/h4-8,10,12H,9,11,13-14H2,1-3H3,(H,20,21);1H. The van der Waals surface area contributed by atoms with E-state index in [0.717, 1.165) is 29.5 Å². The van der Waals surface area contributed by atoms with Crippen molar-refractivity contribution in [2.24, 2.45) is 4.99 Å². The van der Waals surface area contributed by atoms with Gasteiger partial charge >= 0.3 is 0 Å². The molecule has 0 atom stereocenters. The molecule has 1 heterocycles. The van der Waals surface area contributed by atoms with Crippen LogP contribution in [0.15, 0.2) is 46.9 Å². The molecule has 0 unspecified atom stereocenters. The summed E-state index contributed by atoms with van der Waals surface area (Å²) in [5, 5.41) is 6.24. The molecule has 0 aliphatic rings. The second-order valence-corrected chi connectivity index (χ2v) is 6.84. The molecule has 142 valence electrons. The first-order chi connectivity index (χ1) is 12.1. The summed E-state index contributed by atoms with van der Waals surface area (Å²) < 4.78 is 0. The minimum atomic E-state index is 0. The fourth-order valence-corrected chi connectivity index (χ4v) is 2.73. The average Bonchev–Trinajstić information content (AvgIpc) is 3.13. The van der Waals surface area contributed by atoms with Crippen LogP contribution in [-0.4, -0.2) is 60.9 Å². The Morgan fingerprint density at radius 2 is 1.96 bits per heavy atom. The van der Waals surface area contributed by atoms with E-state index in [9.17, 15) is 4.79 Å². The van der Waals surface area contributed by atoms with Gasteiger partial charge in [-0.25, -0.2) is 9.98 Å². The molecule has 1 aromatic carbocycles. The van der Waals surface area contributed by atoms with Gasteiger partial charge in [-0.15, -0.1) is 35.3 Å². The zero-order valence-corrected chi connectivity index (χ0v) is 18.5. The van der Waals surface area contributed by atoms with Crippen molar-refractivity contribution in [3.05, 3.63) is 52.5 Å². The number of hydrogen-bond donors (Lipinski definition) is 1. The Morgan fingerprint density at radius 3 is 2.58 bits per heavy atom. The van der Waals surface area contributed by atoms with Crippen LogP contribution >= 0.6 is 35.3 Å². The number of carbonyl (C=O) groups is 1. The van der Waals surface area contributed by atoms with Crippen molar-refractivity contribution in [2.45, 2.75) is 13.0 Å². The van der Waals surface area contributed by atoms with Crippen LogP contribution in [-0.2, 0) is 17.8 Å². The van der Waals surface area contributed by atoms with Crippen LogP contribution < -0.4 is 5.32 Å². The molecule has 0 spiro atoms. The van der Waals surface area contributed by atoms with Gasteiger partial charge in [-0.05, 0) is 5.56 Å². The molecule has 1 aromatic heterocycles. The highest BCUT2D eigenvalue weighted by molar-refractivity contribution is 14.0. The first-order valence-corrected chi connectivity index (χ1v) is 9.06. The highest BCUT2D eigenvalue weighted by Gasteiger charge is 2.10. The van der Waals surface area contributed by atoms with Gasteiger partial charge in [0, 0.05) is 45.7 Å². The van der Waals surface area contributed by atoms with Crippen molar-refractivity contribution in [2.75, 3.05) is 34.2 Å². The molecule has 0 radical (unpaired) electrons. The Hall–Kier alpha value is -1.68. The SMILES string of the molecule is CN(C)C(=O)CNC(=NCc1ccccc1)N(C)CCc1nccs1.I. The minimum Gasteiger partial charge on any atom is -0.347 e. The number of nitrogens with zero attached hydrogens (tertiary/aromatic N) is 4. The third-order valence-electron chi connectivity index (χ3n) is 3.66. The lowest BCUT2D eigenvalue weighted by molar-refractivity contribution is -0.127. The van der Waals surface area contributed by atoms with Crippen molar-refractivity contribution in [3.8, 4) is 0 Å². The predicted octanol–water partition coefficient (Wildman–Crippen LogP) is 2.47. The zero-order valence-electron chi connectivity index (χ0n) is 15.4. The molecule has 1 amide bonds. The number of aromatic nitrogens is 1. The molecule has 0 saturated heterocycles. The molecule has 6 nitrogen and oxygen atoms in total. The smallest absolute Gasteiger partial charge is 0.241 e. The van der Waals surface area contributed by atoms with Gasteiger partial charge in [0.2, 0.25) is 5.91 Å². The summed E-state index contributed by atoms with van der Waals surface area (Å²) in [6.07, 6.45) is 2.67. The average molecular weight is 487 g/mol. The van der Waals surface area contributed by atoms with E-state index in [-0.39, 0.29) is 36.4 Å². The number of carbonyl (C=O) groups excluding carboxylic acids is 1. The molecular formula is C18H26IN5OS. The van der Waals surface area contributed by atoms with E-state index in [0.29, 0.717) is 6.54 Å². The van der Waals surface area contributed by atoms with Crippen LogP contribution in [0, 0.1) is 0 Å². The molecule has 0 aliphatic heterocycles. The van der Waals surface area contributed by atoms with Crippen LogP contribution in [0.3, 0.4) is 0 Å². The number of amides is 1. The van der Waals surface area contributed by atoms with Crippen LogP contribution in [0.5, 0.6) is 0 Å². The number of likely N-dealkylation sites (N-methyl/N-ethyl adjacent to an activating group) is 2. The fourth-order valence-electron chi connectivity index (χ4n) is 2.12. The molecule has 0 saturated carbocycles. The lowest BCUT2D eigenvalue weighted by atomic mass is 10.2. The van der Waals surface area contributed by atoms with E-state index in [1.54, 1.807) is 30.3 Å². The number of benzene rings is 1. The topological polar surface area (TPSA) is 60.8 Å². The third-order valence-corrected chi connectivity index (χ3v) is 4.50. The first kappa shape index (κ1) is 22.4. The number of hydrogen-bond acceptors (Lipinski definition) is 4. The van der Waals surface area contributed by atoms with Gasteiger partial charge in [-0.3, -0.25) is 4.79 Å². The van der Waals surface area contributed by atoms with Crippen molar-refractivity contribution in [3.63, 3.8) is 0 Å². The Bertz CT molecular complexity index is 676. The Morgan fingerprint density at radius 1 is 1.23 bits per heavy atom. The van der Waals surface area contributed by atoms with Gasteiger partial charge in [0.15, 0.2) is 5.96 Å². The summed E-state index contributed by atoms with van der Waals surface area (Å²) in [6, 6.07) is 10.1. The summed E-state index contributed by atoms with van der Waals surface area (Å²) in [7, 11) is 5.47. The van der Waals surface area contributed by atoms with Gasteiger partial charge < -0.3 is 15.1 Å². The molecule has 8 heteroatoms. The molecule has 0 fully saturated rings. The van der Waals surface area contributed by atoms with Crippen molar-refractivity contribution in [1.82, 2.24) is 20.1 Å². The van der Waals surface area contributed by atoms with Crippen LogP contribution in [0.4, 0.5) is 0 Å². The van der Waals surface area contributed by atoms with Gasteiger partial charge in [-0.2, -0.15) is 0 Å². The minimum absolute atomic E-state index is 0. The number of guanidine groups is 1. The molecule has 26 heavy (non-hydrogen) atoms. The third kappa shape index (κ3) is 7.69. The van der Waals surface area contributed by atoms with Gasteiger partial charge in [0.05, 0.1) is 18.1 Å². The monoisotopic (exact) mass is 487 g/mol. The Balaban J connectivity index is 0.00000338. The maximum absolute atomic E-state index is 11.9. The Labute approximate surface area is 176 Å². The summed E-state index contributed by atoms with van der Waals surface area (Å²) in [5.74, 6) is 0.733. The van der Waals surface area contributed by atoms with E-state index in [1.807, 2.05) is 53.9 Å². The highest BCUT2D eigenvalue weighted by atomic mass is 127. The Kier molecular flexibility index (Phi) is 10.2. The van der Waals surface area contributed by atoms with Crippen molar-refractivity contribution < 1.29 is 4.79 Å². The largest absolute Gasteiger partial charge is 0.347 e. The van der Waals surface area contributed by atoms with Crippen molar-refractivity contribution in [1.29, 1.82) is 0 Å².